The molecule has 1 fully saturated rings. The number of nitrogens with zero attached hydrogens (tertiary/aromatic N) is 1. The quantitative estimate of drug-likeness (QED) is 0.859. The fourth-order valence-corrected chi connectivity index (χ4v) is 4.01. The van der Waals surface area contributed by atoms with Crippen LogP contribution in [0.2, 0.25) is 0 Å². The lowest BCUT2D eigenvalue weighted by molar-refractivity contribution is -0.118. The maximum Gasteiger partial charge on any atom is 0.245 e. The molecule has 6 nitrogen and oxygen atoms in total. The van der Waals surface area contributed by atoms with Crippen LogP contribution in [0.25, 0.3) is 0 Å². The molecule has 2 aromatic carbocycles. The number of rotatable bonds is 5. The number of ether oxygens (including phenoxy) is 1. The van der Waals surface area contributed by atoms with Gasteiger partial charge < -0.3 is 9.64 Å². The van der Waals surface area contributed by atoms with Crippen LogP contribution in [0, 0.1) is 11.6 Å². The molecule has 0 aliphatic carbocycles. The van der Waals surface area contributed by atoms with Crippen molar-refractivity contribution in [2.75, 3.05) is 18.6 Å². The van der Waals surface area contributed by atoms with E-state index in [1.54, 1.807) is 24.3 Å². The first-order valence-electron chi connectivity index (χ1n) is 7.74. The molecule has 26 heavy (non-hydrogen) atoms. The Bertz CT molecular complexity index is 912. The maximum absolute atomic E-state index is 13.3. The van der Waals surface area contributed by atoms with Gasteiger partial charge in [-0.05, 0) is 42.8 Å². The highest BCUT2D eigenvalue weighted by atomic mass is 32.2. The van der Waals surface area contributed by atoms with Gasteiger partial charge in [0.25, 0.3) is 0 Å². The summed E-state index contributed by atoms with van der Waals surface area (Å²) in [6.45, 7) is 0.315. The molecule has 138 valence electrons. The van der Waals surface area contributed by atoms with Crippen molar-refractivity contribution in [3.63, 3.8) is 0 Å². The van der Waals surface area contributed by atoms with Crippen LogP contribution in [0.4, 0.5) is 14.5 Å². The molecule has 1 saturated heterocycles. The average Bonchev–Trinajstić information content (AvgIpc) is 2.94. The average molecular weight is 382 g/mol. The summed E-state index contributed by atoms with van der Waals surface area (Å²) in [5.41, 5.74) is 0.606. The van der Waals surface area contributed by atoms with E-state index in [-0.39, 0.29) is 6.42 Å². The first-order chi connectivity index (χ1) is 12.3. The largest absolute Gasteiger partial charge is 0.497 e. The van der Waals surface area contributed by atoms with E-state index in [1.165, 1.54) is 12.0 Å². The second kappa shape index (κ2) is 7.00. The number of nitrogens with one attached hydrogen (secondary N) is 1. The highest BCUT2D eigenvalue weighted by Gasteiger charge is 2.35. The Morgan fingerprint density at radius 1 is 1.12 bits per heavy atom. The third-order valence-corrected chi connectivity index (χ3v) is 5.48. The van der Waals surface area contributed by atoms with Crippen molar-refractivity contribution in [1.29, 1.82) is 0 Å². The number of carbonyl (C=O) groups is 1. The summed E-state index contributed by atoms with van der Waals surface area (Å²) in [6, 6.07) is 7.73. The van der Waals surface area contributed by atoms with Crippen molar-refractivity contribution in [1.82, 2.24) is 4.72 Å². The SMILES string of the molecule is COc1ccc(N2CCC(NS(=O)(=O)c3cc(F)cc(F)c3)C2=O)cc1. The van der Waals surface area contributed by atoms with E-state index >= 15 is 0 Å². The summed E-state index contributed by atoms with van der Waals surface area (Å²) >= 11 is 0. The number of carbonyl (C=O) groups excluding carboxylic acids is 1. The van der Waals surface area contributed by atoms with Gasteiger partial charge in [-0.2, -0.15) is 4.72 Å². The van der Waals surface area contributed by atoms with Crippen LogP contribution in [0.1, 0.15) is 6.42 Å². The number of hydrogen-bond donors (Lipinski definition) is 1. The highest BCUT2D eigenvalue weighted by Crippen LogP contribution is 2.25. The molecular formula is C17H16F2N2O4S. The number of hydrogen-bond acceptors (Lipinski definition) is 4. The predicted molar refractivity (Wildman–Crippen MR) is 90.4 cm³/mol. The fraction of sp³-hybridized carbons (Fsp3) is 0.235. The minimum atomic E-state index is -4.24. The summed E-state index contributed by atoms with van der Waals surface area (Å²) in [5, 5.41) is 0. The van der Waals surface area contributed by atoms with Gasteiger partial charge in [-0.25, -0.2) is 17.2 Å². The van der Waals surface area contributed by atoms with Crippen molar-refractivity contribution < 1.29 is 26.7 Å². The zero-order chi connectivity index (χ0) is 18.9. The third-order valence-electron chi connectivity index (χ3n) is 4.03. The Balaban J connectivity index is 1.77. The molecule has 1 amide bonds. The minimum absolute atomic E-state index is 0.238. The number of anilines is 1. The van der Waals surface area contributed by atoms with Gasteiger partial charge in [0, 0.05) is 18.3 Å². The van der Waals surface area contributed by atoms with E-state index < -0.39 is 38.5 Å². The van der Waals surface area contributed by atoms with Gasteiger partial charge in [0.05, 0.1) is 12.0 Å². The van der Waals surface area contributed by atoms with Crippen molar-refractivity contribution in [2.24, 2.45) is 0 Å². The monoisotopic (exact) mass is 382 g/mol. The van der Waals surface area contributed by atoms with Crippen LogP contribution in [0.3, 0.4) is 0 Å². The van der Waals surface area contributed by atoms with Gasteiger partial charge in [-0.15, -0.1) is 0 Å². The zero-order valence-electron chi connectivity index (χ0n) is 13.8. The molecule has 0 aromatic heterocycles. The van der Waals surface area contributed by atoms with Crippen molar-refractivity contribution in [3.8, 4) is 5.75 Å². The fourth-order valence-electron chi connectivity index (χ4n) is 2.75. The molecule has 1 heterocycles. The molecule has 1 N–H and O–H groups in total. The molecule has 1 aliphatic rings. The normalized spacial score (nSPS) is 17.6. The van der Waals surface area contributed by atoms with Gasteiger partial charge in [0.2, 0.25) is 15.9 Å². The molecule has 9 heteroatoms. The molecule has 1 unspecified atom stereocenters. The highest BCUT2D eigenvalue weighted by molar-refractivity contribution is 7.89. The van der Waals surface area contributed by atoms with Crippen LogP contribution in [0.15, 0.2) is 47.4 Å². The van der Waals surface area contributed by atoms with E-state index in [1.807, 2.05) is 0 Å². The summed E-state index contributed by atoms with van der Waals surface area (Å²) in [5.74, 6) is -1.83. The molecule has 0 spiro atoms. The van der Waals surface area contributed by atoms with Gasteiger partial charge in [0.1, 0.15) is 23.4 Å². The number of sulfonamides is 1. The van der Waals surface area contributed by atoms with E-state index in [0.717, 1.165) is 0 Å². The van der Waals surface area contributed by atoms with E-state index in [9.17, 15) is 22.0 Å². The second-order valence-electron chi connectivity index (χ2n) is 5.76. The Hall–Kier alpha value is -2.52. The van der Waals surface area contributed by atoms with E-state index in [0.29, 0.717) is 36.2 Å². The topological polar surface area (TPSA) is 75.7 Å². The first kappa shape index (κ1) is 18.3. The van der Waals surface area contributed by atoms with Crippen LogP contribution in [-0.2, 0) is 14.8 Å². The Kier molecular flexibility index (Phi) is 4.92. The van der Waals surface area contributed by atoms with Crippen molar-refractivity contribution in [2.45, 2.75) is 17.4 Å². The Morgan fingerprint density at radius 3 is 2.31 bits per heavy atom. The second-order valence-corrected chi connectivity index (χ2v) is 7.47. The predicted octanol–water partition coefficient (Wildman–Crippen LogP) is 2.06. The molecular weight excluding hydrogens is 366 g/mol. The lowest BCUT2D eigenvalue weighted by Crippen LogP contribution is -2.41. The zero-order valence-corrected chi connectivity index (χ0v) is 14.6. The van der Waals surface area contributed by atoms with Crippen LogP contribution >= 0.6 is 0 Å². The van der Waals surface area contributed by atoms with Crippen LogP contribution in [0.5, 0.6) is 5.75 Å². The van der Waals surface area contributed by atoms with Gasteiger partial charge in [-0.3, -0.25) is 4.79 Å². The maximum atomic E-state index is 13.3. The standard InChI is InChI=1S/C17H16F2N2O4S/c1-25-14-4-2-13(3-5-14)21-7-6-16(17(21)22)20-26(23,24)15-9-11(18)8-12(19)10-15/h2-5,8-10,16,20H,6-7H2,1H3. The Morgan fingerprint density at radius 2 is 1.73 bits per heavy atom. The summed E-state index contributed by atoms with van der Waals surface area (Å²) in [4.78, 5) is 13.4. The van der Waals surface area contributed by atoms with E-state index in [4.69, 9.17) is 4.74 Å². The summed E-state index contributed by atoms with van der Waals surface area (Å²) in [7, 11) is -2.71. The Labute approximate surface area is 149 Å². The number of halogens is 2. The lowest BCUT2D eigenvalue weighted by atomic mass is 10.2. The smallest absolute Gasteiger partial charge is 0.245 e. The molecule has 1 aliphatic heterocycles. The summed E-state index contributed by atoms with van der Waals surface area (Å²) in [6.07, 6.45) is 0.238. The van der Waals surface area contributed by atoms with Crippen LogP contribution < -0.4 is 14.4 Å². The third kappa shape index (κ3) is 3.68. The molecule has 0 bridgehead atoms. The molecule has 2 aromatic rings. The molecule has 0 saturated carbocycles. The van der Waals surface area contributed by atoms with Gasteiger partial charge >= 0.3 is 0 Å². The number of methoxy groups -OCH3 is 1. The molecule has 1 atom stereocenters. The van der Waals surface area contributed by atoms with Crippen LogP contribution in [-0.4, -0.2) is 34.0 Å². The number of amides is 1. The van der Waals surface area contributed by atoms with Crippen molar-refractivity contribution >= 4 is 21.6 Å². The van der Waals surface area contributed by atoms with Gasteiger partial charge in [-0.1, -0.05) is 0 Å². The minimum Gasteiger partial charge on any atom is -0.497 e. The first-order valence-corrected chi connectivity index (χ1v) is 9.22. The van der Waals surface area contributed by atoms with Gasteiger partial charge in [0.15, 0.2) is 0 Å². The van der Waals surface area contributed by atoms with Crippen molar-refractivity contribution in [3.05, 3.63) is 54.1 Å². The summed E-state index contributed by atoms with van der Waals surface area (Å²) < 4.78 is 58.5. The van der Waals surface area contributed by atoms with E-state index in [2.05, 4.69) is 4.72 Å². The molecule has 3 rings (SSSR count). The molecule has 0 radical (unpaired) electrons. The number of benzene rings is 2. The lowest BCUT2D eigenvalue weighted by Gasteiger charge is -2.17.